The summed E-state index contributed by atoms with van der Waals surface area (Å²) in [6.07, 6.45) is 1.70. The minimum Gasteiger partial charge on any atom is -0.313 e. The molecular formula is C10H12N4O2S. The molecule has 0 amide bonds. The van der Waals surface area contributed by atoms with Gasteiger partial charge in [0.25, 0.3) is 0 Å². The first-order valence-electron chi connectivity index (χ1n) is 4.96. The first kappa shape index (κ1) is 11.9. The predicted octanol–water partition coefficient (Wildman–Crippen LogP) is 0.907. The Morgan fingerprint density at radius 2 is 2.24 bits per heavy atom. The van der Waals surface area contributed by atoms with Gasteiger partial charge in [-0.3, -0.25) is 4.98 Å². The zero-order valence-electron chi connectivity index (χ0n) is 9.49. The second kappa shape index (κ2) is 4.72. The number of aromatic nitrogens is 4. The van der Waals surface area contributed by atoms with E-state index in [1.54, 1.807) is 17.8 Å². The molecule has 2 aromatic rings. The van der Waals surface area contributed by atoms with Crippen molar-refractivity contribution in [2.24, 2.45) is 7.05 Å². The number of hydrogen-bond donors (Lipinski definition) is 1. The average Bonchev–Trinajstić information content (AvgIpc) is 2.60. The van der Waals surface area contributed by atoms with E-state index in [1.807, 2.05) is 19.1 Å². The van der Waals surface area contributed by atoms with E-state index >= 15 is 0 Å². The van der Waals surface area contributed by atoms with Crippen LogP contribution in [0.1, 0.15) is 11.5 Å². The van der Waals surface area contributed by atoms with Gasteiger partial charge in [0.2, 0.25) is 0 Å². The molecule has 0 fully saturated rings. The third-order valence-electron chi connectivity index (χ3n) is 2.37. The van der Waals surface area contributed by atoms with Crippen molar-refractivity contribution in [1.29, 1.82) is 0 Å². The molecule has 0 saturated heterocycles. The van der Waals surface area contributed by atoms with E-state index in [1.165, 1.54) is 0 Å². The summed E-state index contributed by atoms with van der Waals surface area (Å²) in [5.41, 5.74) is 1.78. The van der Waals surface area contributed by atoms with Crippen molar-refractivity contribution in [2.45, 2.75) is 12.7 Å². The minimum absolute atomic E-state index is 0.0203. The maximum atomic E-state index is 10.7. The van der Waals surface area contributed by atoms with Gasteiger partial charge in [0.15, 0.2) is 16.9 Å². The lowest BCUT2D eigenvalue weighted by molar-refractivity contribution is 0.560. The van der Waals surface area contributed by atoms with Gasteiger partial charge in [-0.1, -0.05) is 0 Å². The summed E-state index contributed by atoms with van der Waals surface area (Å²) in [6, 6.07) is 3.72. The summed E-state index contributed by atoms with van der Waals surface area (Å²) in [5.74, 6) is 1.12. The molecule has 2 aromatic heterocycles. The molecule has 0 aromatic carbocycles. The largest absolute Gasteiger partial charge is 0.313 e. The summed E-state index contributed by atoms with van der Waals surface area (Å²) in [5, 5.41) is 7.92. The number of nitrogens with zero attached hydrogens (tertiary/aromatic N) is 4. The summed E-state index contributed by atoms with van der Waals surface area (Å²) >= 11 is -1.91. The van der Waals surface area contributed by atoms with Crippen molar-refractivity contribution >= 4 is 11.1 Å². The van der Waals surface area contributed by atoms with Crippen molar-refractivity contribution in [2.75, 3.05) is 0 Å². The Morgan fingerprint density at radius 1 is 1.47 bits per heavy atom. The summed E-state index contributed by atoms with van der Waals surface area (Å²) in [4.78, 5) is 4.10. The van der Waals surface area contributed by atoms with Crippen LogP contribution in [0.3, 0.4) is 0 Å². The van der Waals surface area contributed by atoms with E-state index < -0.39 is 11.1 Å². The molecule has 90 valence electrons. The highest BCUT2D eigenvalue weighted by molar-refractivity contribution is 7.78. The molecule has 0 aliphatic carbocycles. The SMILES string of the molecule is Cc1cc(-c2nnc(CS(=O)O)n2C)ccn1. The van der Waals surface area contributed by atoms with Crippen LogP contribution in [0, 0.1) is 6.92 Å². The van der Waals surface area contributed by atoms with Crippen molar-refractivity contribution in [1.82, 2.24) is 19.7 Å². The second-order valence-corrected chi connectivity index (χ2v) is 4.58. The summed E-state index contributed by atoms with van der Waals surface area (Å²) < 4.78 is 21.3. The first-order valence-corrected chi connectivity index (χ1v) is 6.24. The highest BCUT2D eigenvalue weighted by Gasteiger charge is 2.12. The Hall–Kier alpha value is -1.60. The summed E-state index contributed by atoms with van der Waals surface area (Å²) in [6.45, 7) is 1.89. The lowest BCUT2D eigenvalue weighted by Gasteiger charge is -2.03. The van der Waals surface area contributed by atoms with Crippen LogP contribution in [0.4, 0.5) is 0 Å². The smallest absolute Gasteiger partial charge is 0.163 e. The fraction of sp³-hybridized carbons (Fsp3) is 0.300. The van der Waals surface area contributed by atoms with E-state index in [0.29, 0.717) is 11.6 Å². The Labute approximate surface area is 101 Å². The molecule has 6 nitrogen and oxygen atoms in total. The van der Waals surface area contributed by atoms with Gasteiger partial charge in [0.05, 0.1) is 0 Å². The van der Waals surface area contributed by atoms with Crippen LogP contribution in [0.5, 0.6) is 0 Å². The van der Waals surface area contributed by atoms with Crippen molar-refractivity contribution in [3.63, 3.8) is 0 Å². The monoisotopic (exact) mass is 252 g/mol. The molecule has 0 spiro atoms. The Bertz CT molecular complexity index is 567. The van der Waals surface area contributed by atoms with Crippen molar-refractivity contribution in [3.8, 4) is 11.4 Å². The average molecular weight is 252 g/mol. The predicted molar refractivity (Wildman–Crippen MR) is 63.4 cm³/mol. The van der Waals surface area contributed by atoms with E-state index in [0.717, 1.165) is 11.3 Å². The molecule has 0 aliphatic rings. The van der Waals surface area contributed by atoms with E-state index in [-0.39, 0.29) is 5.75 Å². The molecule has 0 aliphatic heterocycles. The van der Waals surface area contributed by atoms with Crippen LogP contribution in [0.2, 0.25) is 0 Å². The number of pyridine rings is 1. The van der Waals surface area contributed by atoms with Gasteiger partial charge in [-0.2, -0.15) is 0 Å². The highest BCUT2D eigenvalue weighted by Crippen LogP contribution is 2.17. The third-order valence-corrected chi connectivity index (χ3v) is 2.88. The topological polar surface area (TPSA) is 80.9 Å². The third kappa shape index (κ3) is 2.56. The van der Waals surface area contributed by atoms with Gasteiger partial charge >= 0.3 is 0 Å². The van der Waals surface area contributed by atoms with Crippen molar-refractivity contribution in [3.05, 3.63) is 29.8 Å². The van der Waals surface area contributed by atoms with Crippen LogP contribution in [0.15, 0.2) is 18.3 Å². The second-order valence-electron chi connectivity index (χ2n) is 3.65. The van der Waals surface area contributed by atoms with Gasteiger partial charge in [0, 0.05) is 24.5 Å². The van der Waals surface area contributed by atoms with Gasteiger partial charge < -0.3 is 9.12 Å². The maximum Gasteiger partial charge on any atom is 0.163 e. The van der Waals surface area contributed by atoms with Crippen LogP contribution in [-0.4, -0.2) is 28.5 Å². The Balaban J connectivity index is 2.40. The van der Waals surface area contributed by atoms with Gasteiger partial charge in [0.1, 0.15) is 11.6 Å². The maximum absolute atomic E-state index is 10.7. The fourth-order valence-corrected chi connectivity index (χ4v) is 2.01. The highest BCUT2D eigenvalue weighted by atomic mass is 32.2. The van der Waals surface area contributed by atoms with Crippen molar-refractivity contribution < 1.29 is 8.76 Å². The lowest BCUT2D eigenvalue weighted by atomic mass is 10.2. The zero-order valence-corrected chi connectivity index (χ0v) is 10.3. The summed E-state index contributed by atoms with van der Waals surface area (Å²) in [7, 11) is 1.77. The molecule has 1 N–H and O–H groups in total. The van der Waals surface area contributed by atoms with Crippen LogP contribution in [-0.2, 0) is 23.9 Å². The van der Waals surface area contributed by atoms with Crippen LogP contribution >= 0.6 is 0 Å². The molecule has 1 atom stereocenters. The zero-order chi connectivity index (χ0) is 12.4. The minimum atomic E-state index is -1.91. The van der Waals surface area contributed by atoms with E-state index in [4.69, 9.17) is 4.55 Å². The molecule has 7 heteroatoms. The molecular weight excluding hydrogens is 240 g/mol. The standard InChI is InChI=1S/C10H12N4O2S/c1-7-5-8(3-4-11-7)10-13-12-9(14(10)2)6-17(15)16/h3-5H,6H2,1-2H3,(H,15,16). The fourth-order valence-electron chi connectivity index (χ4n) is 1.53. The van der Waals surface area contributed by atoms with Gasteiger partial charge in [-0.15, -0.1) is 10.2 Å². The molecule has 1 unspecified atom stereocenters. The molecule has 0 bridgehead atoms. The Kier molecular flexibility index (Phi) is 3.30. The van der Waals surface area contributed by atoms with Crippen LogP contribution in [0.25, 0.3) is 11.4 Å². The normalized spacial score (nSPS) is 12.6. The Morgan fingerprint density at radius 3 is 2.88 bits per heavy atom. The van der Waals surface area contributed by atoms with Crippen LogP contribution < -0.4 is 0 Å². The van der Waals surface area contributed by atoms with E-state index in [2.05, 4.69) is 15.2 Å². The van der Waals surface area contributed by atoms with Gasteiger partial charge in [-0.05, 0) is 19.1 Å². The lowest BCUT2D eigenvalue weighted by Crippen LogP contribution is -2.03. The molecule has 0 saturated carbocycles. The number of aryl methyl sites for hydroxylation is 1. The number of hydrogen-bond acceptors (Lipinski definition) is 4. The molecule has 17 heavy (non-hydrogen) atoms. The molecule has 0 radical (unpaired) electrons. The first-order chi connectivity index (χ1) is 8.08. The quantitative estimate of drug-likeness (QED) is 0.821. The number of rotatable bonds is 3. The molecule has 2 rings (SSSR count). The van der Waals surface area contributed by atoms with E-state index in [9.17, 15) is 4.21 Å². The van der Waals surface area contributed by atoms with Gasteiger partial charge in [-0.25, -0.2) is 4.21 Å². The molecule has 2 heterocycles.